The van der Waals surface area contributed by atoms with Gasteiger partial charge in [0.05, 0.1) is 12.3 Å². The van der Waals surface area contributed by atoms with Gasteiger partial charge in [-0.2, -0.15) is 16.7 Å². The molecule has 0 saturated heterocycles. The molecule has 15 heavy (non-hydrogen) atoms. The van der Waals surface area contributed by atoms with Gasteiger partial charge in [0.2, 0.25) is 5.89 Å². The van der Waals surface area contributed by atoms with E-state index in [1.165, 1.54) is 0 Å². The van der Waals surface area contributed by atoms with Gasteiger partial charge in [-0.25, -0.2) is 0 Å². The Bertz CT molecular complexity index is 275. The Labute approximate surface area is 95.2 Å². The van der Waals surface area contributed by atoms with Gasteiger partial charge in [-0.15, -0.1) is 0 Å². The van der Waals surface area contributed by atoms with Crippen molar-refractivity contribution in [2.45, 2.75) is 33.1 Å². The van der Waals surface area contributed by atoms with Crippen LogP contribution in [-0.2, 0) is 12.3 Å². The number of nitrogens with zero attached hydrogens (tertiary/aromatic N) is 2. The topological polar surface area (TPSA) is 51.0 Å². The monoisotopic (exact) mass is 229 g/mol. The van der Waals surface area contributed by atoms with Crippen LogP contribution in [0.25, 0.3) is 0 Å². The summed E-state index contributed by atoms with van der Waals surface area (Å²) in [6.45, 7) is 8.10. The highest BCUT2D eigenvalue weighted by Crippen LogP contribution is 2.08. The van der Waals surface area contributed by atoms with E-state index in [-0.39, 0.29) is 0 Å². The second-order valence-corrected chi connectivity index (χ2v) is 5.04. The Balaban J connectivity index is 2.26. The predicted octanol–water partition coefficient (Wildman–Crippen LogP) is 2.07. The van der Waals surface area contributed by atoms with Crippen molar-refractivity contribution in [2.75, 3.05) is 12.3 Å². The summed E-state index contributed by atoms with van der Waals surface area (Å²) in [4.78, 5) is 4.28. The van der Waals surface area contributed by atoms with Crippen LogP contribution >= 0.6 is 11.8 Å². The van der Waals surface area contributed by atoms with Gasteiger partial charge in [0, 0.05) is 0 Å². The largest absolute Gasteiger partial charge is 0.338 e. The summed E-state index contributed by atoms with van der Waals surface area (Å²) in [6, 6.07) is 0. The molecule has 0 radical (unpaired) electrons. The average molecular weight is 229 g/mol. The first kappa shape index (κ1) is 12.5. The van der Waals surface area contributed by atoms with Crippen LogP contribution in [0.4, 0.5) is 0 Å². The minimum absolute atomic E-state index is 0.642. The third kappa shape index (κ3) is 5.18. The normalized spacial score (nSPS) is 11.2. The second-order valence-electron chi connectivity index (χ2n) is 3.77. The van der Waals surface area contributed by atoms with Crippen molar-refractivity contribution in [3.8, 4) is 0 Å². The van der Waals surface area contributed by atoms with Gasteiger partial charge < -0.3 is 9.84 Å². The van der Waals surface area contributed by atoms with Crippen molar-refractivity contribution >= 4 is 11.8 Å². The lowest BCUT2D eigenvalue weighted by atomic mass is 10.2. The van der Waals surface area contributed by atoms with Crippen molar-refractivity contribution < 1.29 is 4.52 Å². The van der Waals surface area contributed by atoms with Crippen LogP contribution in [0, 0.1) is 5.92 Å². The molecule has 1 aromatic rings. The van der Waals surface area contributed by atoms with Crippen LogP contribution in [0.5, 0.6) is 0 Å². The average Bonchev–Trinajstić information content (AvgIpc) is 2.62. The zero-order chi connectivity index (χ0) is 11.1. The molecule has 0 unspecified atom stereocenters. The van der Waals surface area contributed by atoms with E-state index in [9.17, 15) is 0 Å². The third-order valence-corrected chi connectivity index (χ3v) is 2.64. The van der Waals surface area contributed by atoms with E-state index in [1.54, 1.807) is 11.8 Å². The molecule has 1 rings (SSSR count). The standard InChI is InChI=1S/C10H19N3OS/c1-4-15-7-9-12-10(14-13-9)6-11-5-8(2)3/h8,11H,4-7H2,1-3H3. The Morgan fingerprint density at radius 3 is 2.93 bits per heavy atom. The van der Waals surface area contributed by atoms with Crippen molar-refractivity contribution in [1.82, 2.24) is 15.5 Å². The number of nitrogens with one attached hydrogen (secondary N) is 1. The fraction of sp³-hybridized carbons (Fsp3) is 0.800. The Kier molecular flexibility index (Phi) is 5.71. The van der Waals surface area contributed by atoms with Crippen LogP contribution in [0.2, 0.25) is 0 Å². The molecule has 0 aliphatic rings. The molecule has 0 amide bonds. The summed E-state index contributed by atoms with van der Waals surface area (Å²) in [5, 5.41) is 7.17. The Hall–Kier alpha value is -0.550. The summed E-state index contributed by atoms with van der Waals surface area (Å²) in [5.41, 5.74) is 0. The predicted molar refractivity (Wildman–Crippen MR) is 62.7 cm³/mol. The molecule has 0 aliphatic heterocycles. The van der Waals surface area contributed by atoms with Gasteiger partial charge in [-0.3, -0.25) is 0 Å². The van der Waals surface area contributed by atoms with E-state index in [4.69, 9.17) is 4.52 Å². The first-order valence-electron chi connectivity index (χ1n) is 5.32. The maximum absolute atomic E-state index is 5.11. The number of hydrogen-bond acceptors (Lipinski definition) is 5. The molecule has 0 bridgehead atoms. The molecule has 0 atom stereocenters. The van der Waals surface area contributed by atoms with Crippen molar-refractivity contribution in [3.05, 3.63) is 11.7 Å². The first-order valence-corrected chi connectivity index (χ1v) is 6.47. The fourth-order valence-corrected chi connectivity index (χ4v) is 1.59. The van der Waals surface area contributed by atoms with Gasteiger partial charge in [0.15, 0.2) is 5.82 Å². The van der Waals surface area contributed by atoms with E-state index >= 15 is 0 Å². The minimum Gasteiger partial charge on any atom is -0.338 e. The summed E-state index contributed by atoms with van der Waals surface area (Å²) in [7, 11) is 0. The maximum atomic E-state index is 5.11. The Morgan fingerprint density at radius 1 is 1.47 bits per heavy atom. The molecule has 4 nitrogen and oxygen atoms in total. The Morgan fingerprint density at radius 2 is 2.27 bits per heavy atom. The highest BCUT2D eigenvalue weighted by atomic mass is 32.2. The van der Waals surface area contributed by atoms with Gasteiger partial charge >= 0.3 is 0 Å². The number of aromatic nitrogens is 2. The van der Waals surface area contributed by atoms with Crippen molar-refractivity contribution in [1.29, 1.82) is 0 Å². The van der Waals surface area contributed by atoms with Crippen LogP contribution in [0.15, 0.2) is 4.52 Å². The van der Waals surface area contributed by atoms with E-state index in [0.717, 1.165) is 23.9 Å². The zero-order valence-corrected chi connectivity index (χ0v) is 10.4. The minimum atomic E-state index is 0.642. The number of rotatable bonds is 7. The van der Waals surface area contributed by atoms with Gasteiger partial charge in [-0.1, -0.05) is 25.9 Å². The fourth-order valence-electron chi connectivity index (χ4n) is 1.08. The molecule has 1 N–H and O–H groups in total. The lowest BCUT2D eigenvalue weighted by molar-refractivity contribution is 0.360. The molecule has 1 aromatic heterocycles. The van der Waals surface area contributed by atoms with Gasteiger partial charge in [0.25, 0.3) is 0 Å². The van der Waals surface area contributed by atoms with E-state index in [2.05, 4.69) is 36.2 Å². The van der Waals surface area contributed by atoms with E-state index in [0.29, 0.717) is 18.4 Å². The van der Waals surface area contributed by atoms with Crippen LogP contribution in [0.1, 0.15) is 32.5 Å². The maximum Gasteiger partial charge on any atom is 0.240 e. The van der Waals surface area contributed by atoms with Crippen LogP contribution < -0.4 is 5.32 Å². The molecule has 0 fully saturated rings. The quantitative estimate of drug-likeness (QED) is 0.775. The molecule has 0 spiro atoms. The SMILES string of the molecule is CCSCc1noc(CNCC(C)C)n1. The van der Waals surface area contributed by atoms with Gasteiger partial charge in [0.1, 0.15) is 0 Å². The van der Waals surface area contributed by atoms with E-state index < -0.39 is 0 Å². The zero-order valence-electron chi connectivity index (χ0n) is 9.62. The lowest BCUT2D eigenvalue weighted by Crippen LogP contribution is -2.19. The van der Waals surface area contributed by atoms with Crippen molar-refractivity contribution in [2.24, 2.45) is 5.92 Å². The van der Waals surface area contributed by atoms with Crippen LogP contribution in [-0.4, -0.2) is 22.4 Å². The number of thioether (sulfide) groups is 1. The summed E-state index contributed by atoms with van der Waals surface area (Å²) < 4.78 is 5.11. The molecule has 1 heterocycles. The van der Waals surface area contributed by atoms with Gasteiger partial charge in [-0.05, 0) is 18.2 Å². The first-order chi connectivity index (χ1) is 7.22. The molecular formula is C10H19N3OS. The van der Waals surface area contributed by atoms with Crippen LogP contribution in [0.3, 0.4) is 0 Å². The second kappa shape index (κ2) is 6.85. The van der Waals surface area contributed by atoms with Crippen molar-refractivity contribution in [3.63, 3.8) is 0 Å². The lowest BCUT2D eigenvalue weighted by Gasteiger charge is -2.03. The molecular weight excluding hydrogens is 210 g/mol. The highest BCUT2D eigenvalue weighted by Gasteiger charge is 2.05. The van der Waals surface area contributed by atoms with E-state index in [1.807, 2.05) is 0 Å². The highest BCUT2D eigenvalue weighted by molar-refractivity contribution is 7.98. The molecule has 0 aliphatic carbocycles. The number of hydrogen-bond donors (Lipinski definition) is 1. The smallest absolute Gasteiger partial charge is 0.240 e. The third-order valence-electron chi connectivity index (χ3n) is 1.77. The molecule has 0 aromatic carbocycles. The summed E-state index contributed by atoms with van der Waals surface area (Å²) in [5.74, 6) is 4.04. The molecule has 86 valence electrons. The molecule has 0 saturated carbocycles. The molecule has 5 heteroatoms. The summed E-state index contributed by atoms with van der Waals surface area (Å²) >= 11 is 1.80. The summed E-state index contributed by atoms with van der Waals surface area (Å²) in [6.07, 6.45) is 0.